The normalized spacial score (nSPS) is 14.1. The Balaban J connectivity index is 0.000000111. The molecule has 6 aromatic carbocycles. The molecule has 15 rings (SSSR count). The maximum atomic E-state index is 6.08. The summed E-state index contributed by atoms with van der Waals surface area (Å²) in [5, 5.41) is 28.5. The highest BCUT2D eigenvalue weighted by Gasteiger charge is 2.52. The van der Waals surface area contributed by atoms with Gasteiger partial charge in [0.25, 0.3) is 0 Å². The van der Waals surface area contributed by atoms with E-state index < -0.39 is 7.12 Å². The van der Waals surface area contributed by atoms with Gasteiger partial charge in [-0.05, 0) is 110 Å². The minimum Gasteiger partial charge on any atom is -0.398 e. The molecule has 0 unspecified atom stereocenters. The standard InChI is InChI=1S/C28H18N4.C17H19BN2O2.C17H11BrN2/c1-3-7-23-17-31-25(13-21(23)5-1)15-27(29-31)19-9-11-20(12-10-19)28-16-26-14-22-6-2-4-8-24(22)18-32(26)30-28;1-16(2)17(3,4)22-18(21-16)15-10-14-9-12-7-5-6-8-13(12)11-20(14)19-15;18-15-7-5-12(6-8-15)17-10-16-9-13-3-1-2-4-14(13)11-20(16)19-17/h1-18H;5-11H,1-4H3;1-11H. The third-order valence-corrected chi connectivity index (χ3v) is 15.0. The van der Waals surface area contributed by atoms with Crippen molar-refractivity contribution < 1.29 is 9.31 Å². The first-order valence-corrected chi connectivity index (χ1v) is 25.5. The average molecular weight is 1030 g/mol. The summed E-state index contributed by atoms with van der Waals surface area (Å²) in [5.41, 5.74) is 10.7. The Morgan fingerprint density at radius 1 is 0.351 bits per heavy atom. The third-order valence-electron chi connectivity index (χ3n) is 14.4. The first-order chi connectivity index (χ1) is 35.9. The summed E-state index contributed by atoms with van der Waals surface area (Å²) in [6.07, 6.45) is 8.29. The lowest BCUT2D eigenvalue weighted by Crippen LogP contribution is -2.41. The molecule has 1 fully saturated rings. The van der Waals surface area contributed by atoms with E-state index >= 15 is 0 Å². The van der Waals surface area contributed by atoms with Crippen molar-refractivity contribution in [1.82, 2.24) is 38.5 Å². The van der Waals surface area contributed by atoms with E-state index in [2.05, 4.69) is 230 Å². The third kappa shape index (κ3) is 8.56. The maximum Gasteiger partial charge on any atom is 0.516 e. The molecule has 0 aliphatic carbocycles. The summed E-state index contributed by atoms with van der Waals surface area (Å²) in [4.78, 5) is 0. The number of hydrogen-bond acceptors (Lipinski definition) is 6. The van der Waals surface area contributed by atoms with Crippen molar-refractivity contribution in [2.45, 2.75) is 38.9 Å². The Kier molecular flexibility index (Phi) is 11.0. The molecule has 0 atom stereocenters. The molecule has 0 amide bonds. The van der Waals surface area contributed by atoms with Gasteiger partial charge in [-0.1, -0.05) is 149 Å². The molecule has 10 nitrogen and oxygen atoms in total. The van der Waals surface area contributed by atoms with Crippen molar-refractivity contribution in [3.05, 3.63) is 223 Å². The summed E-state index contributed by atoms with van der Waals surface area (Å²) in [5.74, 6) is 0. The largest absolute Gasteiger partial charge is 0.516 e. The Labute approximate surface area is 435 Å². The van der Waals surface area contributed by atoms with Crippen LogP contribution in [0.1, 0.15) is 27.7 Å². The van der Waals surface area contributed by atoms with E-state index in [9.17, 15) is 0 Å². The summed E-state index contributed by atoms with van der Waals surface area (Å²) in [7, 11) is -0.423. The fourth-order valence-electron chi connectivity index (χ4n) is 9.64. The molecule has 0 radical (unpaired) electrons. The van der Waals surface area contributed by atoms with Crippen LogP contribution in [0.4, 0.5) is 0 Å². The quantitative estimate of drug-likeness (QED) is 0.163. The number of halogens is 1. The highest BCUT2D eigenvalue weighted by atomic mass is 79.9. The molecule has 1 saturated heterocycles. The van der Waals surface area contributed by atoms with Crippen LogP contribution in [0.5, 0.6) is 0 Å². The maximum absolute atomic E-state index is 6.08. The van der Waals surface area contributed by atoms with Crippen molar-refractivity contribution in [2.75, 3.05) is 0 Å². The number of rotatable bonds is 4. The lowest BCUT2D eigenvalue weighted by atomic mass is 9.85. The summed E-state index contributed by atoms with van der Waals surface area (Å²) < 4.78 is 21.0. The number of fused-ring (bicyclic) bond motifs is 8. The summed E-state index contributed by atoms with van der Waals surface area (Å²) in [6.45, 7) is 8.21. The molecule has 0 bridgehead atoms. The van der Waals surface area contributed by atoms with Gasteiger partial charge in [0.15, 0.2) is 0 Å². The predicted molar refractivity (Wildman–Crippen MR) is 304 cm³/mol. The monoisotopic (exact) mass is 1030 g/mol. The van der Waals surface area contributed by atoms with E-state index in [4.69, 9.17) is 19.5 Å². The molecule has 9 heterocycles. The molecular formula is C62H48BBrN8O2. The van der Waals surface area contributed by atoms with Crippen LogP contribution in [0.25, 0.3) is 98.9 Å². The minimum atomic E-state index is -0.423. The van der Waals surface area contributed by atoms with E-state index in [1.54, 1.807) is 0 Å². The van der Waals surface area contributed by atoms with Gasteiger partial charge >= 0.3 is 7.12 Å². The molecule has 0 N–H and O–H groups in total. The zero-order valence-electron chi connectivity index (χ0n) is 41.1. The SMILES string of the molecule is Brc1ccc(-c2cc3cc4ccccc4cn3n2)cc1.CC1(C)OB(c2cc3cc4ccccc4cn3n2)OC1(C)C.c1ccc2cn3nc(-c4ccc(-c5cc6cc7ccccc7cn6n5)cc4)cc3cc2c1. The topological polar surface area (TPSA) is 87.7 Å². The average Bonchev–Trinajstić information content (AvgIpc) is 4.26. The van der Waals surface area contributed by atoms with Crippen molar-refractivity contribution >= 4 is 93.8 Å². The van der Waals surface area contributed by atoms with Crippen LogP contribution in [-0.2, 0) is 9.31 Å². The highest BCUT2D eigenvalue weighted by molar-refractivity contribution is 9.10. The van der Waals surface area contributed by atoms with Crippen LogP contribution in [0.3, 0.4) is 0 Å². The lowest BCUT2D eigenvalue weighted by Gasteiger charge is -2.32. The van der Waals surface area contributed by atoms with Crippen LogP contribution < -0.4 is 5.59 Å². The second-order valence-electron chi connectivity index (χ2n) is 19.9. The molecule has 12 heteroatoms. The van der Waals surface area contributed by atoms with Crippen molar-refractivity contribution in [2.24, 2.45) is 0 Å². The van der Waals surface area contributed by atoms with Crippen molar-refractivity contribution in [1.29, 1.82) is 0 Å². The van der Waals surface area contributed by atoms with E-state index in [-0.39, 0.29) is 11.2 Å². The van der Waals surface area contributed by atoms with Crippen LogP contribution in [0, 0.1) is 0 Å². The molecule has 0 spiro atoms. The Morgan fingerprint density at radius 3 is 0.973 bits per heavy atom. The van der Waals surface area contributed by atoms with Crippen LogP contribution >= 0.6 is 15.9 Å². The highest BCUT2D eigenvalue weighted by Crippen LogP contribution is 2.37. The molecule has 8 aromatic heterocycles. The minimum absolute atomic E-state index is 0.349. The van der Waals surface area contributed by atoms with Crippen molar-refractivity contribution in [3.63, 3.8) is 0 Å². The zero-order valence-corrected chi connectivity index (χ0v) is 42.7. The first-order valence-electron chi connectivity index (χ1n) is 24.7. The van der Waals surface area contributed by atoms with Gasteiger partial charge in [0.2, 0.25) is 0 Å². The molecule has 1 aliphatic rings. The van der Waals surface area contributed by atoms with Gasteiger partial charge in [0.05, 0.1) is 55.9 Å². The van der Waals surface area contributed by atoms with E-state index in [0.717, 1.165) is 65.9 Å². The molecule has 14 aromatic rings. The first kappa shape index (κ1) is 45.4. The number of pyridine rings is 4. The molecule has 358 valence electrons. The second-order valence-corrected chi connectivity index (χ2v) is 20.8. The second kappa shape index (κ2) is 18.0. The van der Waals surface area contributed by atoms with Gasteiger partial charge in [-0.2, -0.15) is 20.4 Å². The van der Waals surface area contributed by atoms with Gasteiger partial charge in [0.1, 0.15) is 0 Å². The van der Waals surface area contributed by atoms with E-state index in [1.807, 2.05) is 60.7 Å². The predicted octanol–water partition coefficient (Wildman–Crippen LogP) is 14.3. The fourth-order valence-corrected chi connectivity index (χ4v) is 9.90. The molecule has 74 heavy (non-hydrogen) atoms. The molecular weight excluding hydrogens is 979 g/mol. The zero-order chi connectivity index (χ0) is 50.1. The van der Waals surface area contributed by atoms with Crippen LogP contribution in [0.2, 0.25) is 0 Å². The number of benzene rings is 6. The van der Waals surface area contributed by atoms with E-state index in [1.165, 1.54) is 43.1 Å². The molecule has 0 saturated carbocycles. The molecule has 1 aliphatic heterocycles. The number of hydrogen-bond donors (Lipinski definition) is 0. The summed E-state index contributed by atoms with van der Waals surface area (Å²) >= 11 is 3.46. The number of aromatic nitrogens is 8. The fraction of sp³-hybridized carbons (Fsp3) is 0.0968. The Hall–Kier alpha value is -8.42. The van der Waals surface area contributed by atoms with Gasteiger partial charge < -0.3 is 9.31 Å². The number of nitrogens with zero attached hydrogens (tertiary/aromatic N) is 8. The van der Waals surface area contributed by atoms with Gasteiger partial charge in [-0.3, -0.25) is 0 Å². The van der Waals surface area contributed by atoms with Gasteiger partial charge in [0, 0.05) is 67.5 Å². The Bertz CT molecular complexity index is 4060. The van der Waals surface area contributed by atoms with Crippen LogP contribution in [-0.4, -0.2) is 56.8 Å². The summed E-state index contributed by atoms with van der Waals surface area (Å²) in [6, 6.07) is 67.2. The van der Waals surface area contributed by atoms with E-state index in [0.29, 0.717) is 0 Å². The smallest absolute Gasteiger partial charge is 0.398 e. The van der Waals surface area contributed by atoms with Crippen molar-refractivity contribution in [3.8, 4) is 33.8 Å². The lowest BCUT2D eigenvalue weighted by molar-refractivity contribution is 0.00578. The Morgan fingerprint density at radius 2 is 0.635 bits per heavy atom. The van der Waals surface area contributed by atoms with Gasteiger partial charge in [-0.25, -0.2) is 18.1 Å². The van der Waals surface area contributed by atoms with Crippen LogP contribution in [0.15, 0.2) is 223 Å². The van der Waals surface area contributed by atoms with Gasteiger partial charge in [-0.15, -0.1) is 0 Å².